The van der Waals surface area contributed by atoms with Crippen molar-refractivity contribution in [3.63, 3.8) is 0 Å². The molecule has 1 unspecified atom stereocenters. The molecule has 1 aliphatic heterocycles. The lowest BCUT2D eigenvalue weighted by Gasteiger charge is -2.30. The number of aryl methyl sites for hydroxylation is 1. The van der Waals surface area contributed by atoms with Crippen molar-refractivity contribution < 1.29 is 8.42 Å². The fraction of sp³-hybridized carbons (Fsp3) is 0.350. The van der Waals surface area contributed by atoms with Gasteiger partial charge in [-0.25, -0.2) is 13.4 Å². The predicted octanol–water partition coefficient (Wildman–Crippen LogP) is 3.73. The van der Waals surface area contributed by atoms with Gasteiger partial charge in [0.25, 0.3) is 0 Å². The summed E-state index contributed by atoms with van der Waals surface area (Å²) in [5, 5.41) is 0. The lowest BCUT2D eigenvalue weighted by atomic mass is 10.0. The smallest absolute Gasteiger partial charge is 0.243 e. The van der Waals surface area contributed by atoms with Crippen LogP contribution in [-0.2, 0) is 10.0 Å². The van der Waals surface area contributed by atoms with Crippen LogP contribution >= 0.6 is 0 Å². The third kappa shape index (κ3) is 3.04. The Bertz CT molecular complexity index is 1060. The van der Waals surface area contributed by atoms with E-state index in [1.54, 1.807) is 22.5 Å². The fourth-order valence-electron chi connectivity index (χ4n) is 3.62. The molecule has 0 amide bonds. The highest BCUT2D eigenvalue weighted by Crippen LogP contribution is 2.27. The summed E-state index contributed by atoms with van der Waals surface area (Å²) in [7, 11) is -3.46. The van der Waals surface area contributed by atoms with E-state index in [2.05, 4.69) is 11.9 Å². The van der Waals surface area contributed by atoms with E-state index in [0.717, 1.165) is 35.3 Å². The molecule has 0 saturated carbocycles. The number of sulfonamides is 1. The minimum Gasteiger partial charge on any atom is -0.306 e. The lowest BCUT2D eigenvalue weighted by molar-refractivity contribution is 0.281. The molecule has 6 heteroatoms. The molecule has 5 nitrogen and oxygen atoms in total. The molecule has 0 aliphatic carbocycles. The summed E-state index contributed by atoms with van der Waals surface area (Å²) in [4.78, 5) is 5.03. The van der Waals surface area contributed by atoms with Crippen LogP contribution in [0, 0.1) is 12.8 Å². The van der Waals surface area contributed by atoms with Crippen LogP contribution in [0.1, 0.15) is 25.3 Å². The van der Waals surface area contributed by atoms with Crippen LogP contribution in [0.2, 0.25) is 0 Å². The van der Waals surface area contributed by atoms with Crippen LogP contribution in [-0.4, -0.2) is 35.2 Å². The third-order valence-electron chi connectivity index (χ3n) is 5.07. The van der Waals surface area contributed by atoms with E-state index < -0.39 is 10.0 Å². The molecular formula is C20H23N3O2S. The average Bonchev–Trinajstić information content (AvgIpc) is 3.08. The summed E-state index contributed by atoms with van der Waals surface area (Å²) in [5.74, 6) is 0.406. The highest BCUT2D eigenvalue weighted by atomic mass is 32.2. The first kappa shape index (κ1) is 17.2. The summed E-state index contributed by atoms with van der Waals surface area (Å²) < 4.78 is 29.7. The summed E-state index contributed by atoms with van der Waals surface area (Å²) >= 11 is 0. The maximum absolute atomic E-state index is 13.0. The van der Waals surface area contributed by atoms with E-state index in [4.69, 9.17) is 0 Å². The van der Waals surface area contributed by atoms with E-state index in [9.17, 15) is 8.42 Å². The Labute approximate surface area is 154 Å². The Kier molecular flexibility index (Phi) is 4.32. The number of piperidine rings is 1. The number of hydrogen-bond donors (Lipinski definition) is 0. The Balaban J connectivity index is 1.73. The van der Waals surface area contributed by atoms with Crippen molar-refractivity contribution in [3.05, 3.63) is 54.4 Å². The molecule has 0 spiro atoms. The second kappa shape index (κ2) is 6.52. The molecule has 2 aromatic heterocycles. The number of nitrogens with zero attached hydrogens (tertiary/aromatic N) is 3. The van der Waals surface area contributed by atoms with Crippen LogP contribution in [0.5, 0.6) is 0 Å². The molecule has 1 saturated heterocycles. The third-order valence-corrected chi connectivity index (χ3v) is 6.93. The fourth-order valence-corrected chi connectivity index (χ4v) is 5.27. The normalized spacial score (nSPS) is 19.1. The van der Waals surface area contributed by atoms with E-state index in [-0.39, 0.29) is 0 Å². The Hall–Kier alpha value is -2.18. The second-order valence-electron chi connectivity index (χ2n) is 7.19. The van der Waals surface area contributed by atoms with Crippen molar-refractivity contribution in [1.29, 1.82) is 0 Å². The monoisotopic (exact) mass is 369 g/mol. The van der Waals surface area contributed by atoms with Crippen molar-refractivity contribution in [2.75, 3.05) is 13.1 Å². The molecule has 3 heterocycles. The number of aromatic nitrogens is 2. The SMILES string of the molecule is Cc1cccn2cc(-c3cccc(S(=O)(=O)N4CCCC(C)C4)c3)nc12. The largest absolute Gasteiger partial charge is 0.306 e. The van der Waals surface area contributed by atoms with E-state index >= 15 is 0 Å². The molecule has 0 radical (unpaired) electrons. The number of hydrogen-bond acceptors (Lipinski definition) is 3. The molecule has 0 bridgehead atoms. The maximum Gasteiger partial charge on any atom is 0.243 e. The van der Waals surface area contributed by atoms with Gasteiger partial charge in [0.05, 0.1) is 10.6 Å². The standard InChI is InChI=1S/C20H23N3O2S/c1-15-6-4-11-23(13-15)26(24,25)18-9-3-8-17(12-18)19-14-22-10-5-7-16(2)20(22)21-19/h3,5,7-10,12,14-15H,4,6,11,13H2,1-2H3. The van der Waals surface area contributed by atoms with Crippen molar-refractivity contribution in [2.45, 2.75) is 31.6 Å². The van der Waals surface area contributed by atoms with Gasteiger partial charge in [0, 0.05) is 31.0 Å². The molecule has 1 fully saturated rings. The second-order valence-corrected chi connectivity index (χ2v) is 9.12. The molecule has 4 rings (SSSR count). The first-order valence-corrected chi connectivity index (χ1v) is 10.4. The van der Waals surface area contributed by atoms with Crippen LogP contribution in [0.3, 0.4) is 0 Å². The molecule has 136 valence electrons. The highest BCUT2D eigenvalue weighted by Gasteiger charge is 2.28. The molecular weight excluding hydrogens is 346 g/mol. The van der Waals surface area contributed by atoms with Gasteiger partial charge in [0.2, 0.25) is 10.0 Å². The van der Waals surface area contributed by atoms with Gasteiger partial charge in [-0.3, -0.25) is 0 Å². The van der Waals surface area contributed by atoms with Crippen LogP contribution in [0.4, 0.5) is 0 Å². The zero-order valence-corrected chi connectivity index (χ0v) is 15.9. The van der Waals surface area contributed by atoms with Crippen LogP contribution in [0.25, 0.3) is 16.9 Å². The summed E-state index contributed by atoms with van der Waals surface area (Å²) in [5.41, 5.74) is 3.58. The van der Waals surface area contributed by atoms with Crippen LogP contribution < -0.4 is 0 Å². The van der Waals surface area contributed by atoms with Gasteiger partial charge in [-0.2, -0.15) is 4.31 Å². The number of pyridine rings is 1. The quantitative estimate of drug-likeness (QED) is 0.707. The number of rotatable bonds is 3. The minimum atomic E-state index is -3.46. The van der Waals surface area contributed by atoms with Gasteiger partial charge >= 0.3 is 0 Å². The molecule has 1 aliphatic rings. The summed E-state index contributed by atoms with van der Waals surface area (Å²) in [6.45, 7) is 5.33. The first-order chi connectivity index (χ1) is 12.4. The van der Waals surface area contributed by atoms with Crippen molar-refractivity contribution in [2.24, 2.45) is 5.92 Å². The van der Waals surface area contributed by atoms with E-state index in [1.807, 2.05) is 41.9 Å². The number of fused-ring (bicyclic) bond motifs is 1. The van der Waals surface area contributed by atoms with E-state index in [1.165, 1.54) is 0 Å². The Morgan fingerprint density at radius 2 is 2.04 bits per heavy atom. The predicted molar refractivity (Wildman–Crippen MR) is 103 cm³/mol. The average molecular weight is 369 g/mol. The number of benzene rings is 1. The van der Waals surface area contributed by atoms with Gasteiger partial charge in [0.1, 0.15) is 5.65 Å². The van der Waals surface area contributed by atoms with Crippen LogP contribution in [0.15, 0.2) is 53.7 Å². The zero-order chi connectivity index (χ0) is 18.3. The number of imidazole rings is 1. The van der Waals surface area contributed by atoms with Gasteiger partial charge in [-0.15, -0.1) is 0 Å². The zero-order valence-electron chi connectivity index (χ0n) is 15.1. The molecule has 26 heavy (non-hydrogen) atoms. The van der Waals surface area contributed by atoms with Gasteiger partial charge in [-0.1, -0.05) is 25.1 Å². The highest BCUT2D eigenvalue weighted by molar-refractivity contribution is 7.89. The minimum absolute atomic E-state index is 0.345. The molecule has 0 N–H and O–H groups in total. The summed E-state index contributed by atoms with van der Waals surface area (Å²) in [6.07, 6.45) is 5.91. The van der Waals surface area contributed by atoms with E-state index in [0.29, 0.717) is 23.9 Å². The van der Waals surface area contributed by atoms with Crippen molar-refractivity contribution in [3.8, 4) is 11.3 Å². The maximum atomic E-state index is 13.0. The summed E-state index contributed by atoms with van der Waals surface area (Å²) in [6, 6.07) is 11.1. The molecule has 3 aromatic rings. The topological polar surface area (TPSA) is 54.7 Å². The van der Waals surface area contributed by atoms with Gasteiger partial charge < -0.3 is 4.40 Å². The Morgan fingerprint density at radius 1 is 1.19 bits per heavy atom. The van der Waals surface area contributed by atoms with Crippen molar-refractivity contribution in [1.82, 2.24) is 13.7 Å². The first-order valence-electron chi connectivity index (χ1n) is 9.00. The van der Waals surface area contributed by atoms with Crippen molar-refractivity contribution >= 4 is 15.7 Å². The lowest BCUT2D eigenvalue weighted by Crippen LogP contribution is -2.39. The molecule has 1 aromatic carbocycles. The van der Waals surface area contributed by atoms with Gasteiger partial charge in [-0.05, 0) is 49.4 Å². The molecule has 1 atom stereocenters. The van der Waals surface area contributed by atoms with Gasteiger partial charge in [0.15, 0.2) is 0 Å². The Morgan fingerprint density at radius 3 is 2.81 bits per heavy atom.